The van der Waals surface area contributed by atoms with Crippen LogP contribution in [-0.2, 0) is 25.8 Å². The number of aromatic nitrogens is 1. The quantitative estimate of drug-likeness (QED) is 0.332. The standard InChI is InChI=1S/C20H30N4O2.HI/c1-3-18-17(19(4-2)26-24-18)14-22-20(23-15-8-5-6-9-15)21-12-11-16-10-7-13-25-16;/h7,10,13,15H,3-6,8-9,11-12,14H2,1-2H3,(H2,21,22,23);1H. The van der Waals surface area contributed by atoms with Gasteiger partial charge in [-0.15, -0.1) is 24.0 Å². The van der Waals surface area contributed by atoms with Gasteiger partial charge in [0.15, 0.2) is 5.96 Å². The average Bonchev–Trinajstić information content (AvgIpc) is 3.40. The highest BCUT2D eigenvalue weighted by Gasteiger charge is 2.17. The molecule has 0 unspecified atom stereocenters. The summed E-state index contributed by atoms with van der Waals surface area (Å²) in [5.74, 6) is 2.80. The molecule has 0 bridgehead atoms. The molecule has 1 aliphatic carbocycles. The van der Waals surface area contributed by atoms with Crippen LogP contribution >= 0.6 is 24.0 Å². The summed E-state index contributed by atoms with van der Waals surface area (Å²) in [5.41, 5.74) is 2.15. The second-order valence-electron chi connectivity index (χ2n) is 6.78. The van der Waals surface area contributed by atoms with Gasteiger partial charge < -0.3 is 19.6 Å². The van der Waals surface area contributed by atoms with Crippen LogP contribution < -0.4 is 10.6 Å². The highest BCUT2D eigenvalue weighted by molar-refractivity contribution is 14.0. The van der Waals surface area contributed by atoms with E-state index in [0.717, 1.165) is 54.5 Å². The number of aliphatic imine (C=N–C) groups is 1. The maximum absolute atomic E-state index is 5.46. The van der Waals surface area contributed by atoms with Gasteiger partial charge in [-0.1, -0.05) is 31.8 Å². The lowest BCUT2D eigenvalue weighted by Gasteiger charge is -2.17. The molecule has 0 radical (unpaired) electrons. The fraction of sp³-hybridized carbons (Fsp3) is 0.600. The van der Waals surface area contributed by atoms with Gasteiger partial charge in [-0.25, -0.2) is 4.99 Å². The Morgan fingerprint density at radius 3 is 2.74 bits per heavy atom. The van der Waals surface area contributed by atoms with Gasteiger partial charge in [-0.05, 0) is 31.4 Å². The summed E-state index contributed by atoms with van der Waals surface area (Å²) in [5, 5.41) is 11.2. The van der Waals surface area contributed by atoms with Crippen LogP contribution in [0.15, 0.2) is 32.3 Å². The molecular formula is C20H31IN4O2. The fourth-order valence-electron chi connectivity index (χ4n) is 3.45. The lowest BCUT2D eigenvalue weighted by molar-refractivity contribution is 0.380. The molecule has 0 saturated heterocycles. The number of rotatable bonds is 8. The molecule has 7 heteroatoms. The van der Waals surface area contributed by atoms with E-state index >= 15 is 0 Å². The third-order valence-electron chi connectivity index (χ3n) is 4.94. The van der Waals surface area contributed by atoms with Crippen molar-refractivity contribution in [3.63, 3.8) is 0 Å². The van der Waals surface area contributed by atoms with Crippen LogP contribution in [0.3, 0.4) is 0 Å². The molecule has 0 spiro atoms. The molecule has 2 aromatic heterocycles. The number of halogens is 1. The molecule has 0 aromatic carbocycles. The van der Waals surface area contributed by atoms with E-state index in [1.165, 1.54) is 25.7 Å². The van der Waals surface area contributed by atoms with Crippen molar-refractivity contribution in [2.75, 3.05) is 6.54 Å². The fourth-order valence-corrected chi connectivity index (χ4v) is 3.45. The molecule has 150 valence electrons. The van der Waals surface area contributed by atoms with Crippen molar-refractivity contribution in [1.82, 2.24) is 15.8 Å². The van der Waals surface area contributed by atoms with Crippen LogP contribution in [0.2, 0.25) is 0 Å². The molecule has 2 aromatic rings. The number of nitrogens with zero attached hydrogens (tertiary/aromatic N) is 2. The Morgan fingerprint density at radius 1 is 1.26 bits per heavy atom. The summed E-state index contributed by atoms with van der Waals surface area (Å²) >= 11 is 0. The summed E-state index contributed by atoms with van der Waals surface area (Å²) in [4.78, 5) is 4.83. The van der Waals surface area contributed by atoms with Gasteiger partial charge in [0.25, 0.3) is 0 Å². The van der Waals surface area contributed by atoms with Crippen molar-refractivity contribution >= 4 is 29.9 Å². The minimum atomic E-state index is 0. The first-order valence-electron chi connectivity index (χ1n) is 9.83. The highest BCUT2D eigenvalue weighted by Crippen LogP contribution is 2.19. The van der Waals surface area contributed by atoms with Crippen molar-refractivity contribution in [3.8, 4) is 0 Å². The number of guanidine groups is 1. The number of aryl methyl sites for hydroxylation is 2. The molecule has 0 aliphatic heterocycles. The van der Waals surface area contributed by atoms with Gasteiger partial charge in [0.2, 0.25) is 0 Å². The predicted octanol–water partition coefficient (Wildman–Crippen LogP) is 4.23. The van der Waals surface area contributed by atoms with Gasteiger partial charge in [0.1, 0.15) is 11.5 Å². The van der Waals surface area contributed by atoms with Gasteiger partial charge in [0, 0.05) is 31.0 Å². The Balaban J connectivity index is 0.00000261. The predicted molar refractivity (Wildman–Crippen MR) is 118 cm³/mol. The monoisotopic (exact) mass is 486 g/mol. The van der Waals surface area contributed by atoms with E-state index in [-0.39, 0.29) is 24.0 Å². The van der Waals surface area contributed by atoms with Crippen LogP contribution in [0.1, 0.15) is 62.3 Å². The molecule has 1 aliphatic rings. The lowest BCUT2D eigenvalue weighted by atomic mass is 10.1. The van der Waals surface area contributed by atoms with Crippen LogP contribution in [0.4, 0.5) is 0 Å². The largest absolute Gasteiger partial charge is 0.469 e. The summed E-state index contributed by atoms with van der Waals surface area (Å²) < 4.78 is 10.9. The minimum Gasteiger partial charge on any atom is -0.469 e. The Labute approximate surface area is 178 Å². The van der Waals surface area contributed by atoms with E-state index < -0.39 is 0 Å². The van der Waals surface area contributed by atoms with E-state index in [4.69, 9.17) is 13.9 Å². The van der Waals surface area contributed by atoms with Crippen molar-refractivity contribution in [3.05, 3.63) is 41.2 Å². The number of furan rings is 1. The van der Waals surface area contributed by atoms with Crippen LogP contribution in [0.25, 0.3) is 0 Å². The van der Waals surface area contributed by atoms with Crippen molar-refractivity contribution in [1.29, 1.82) is 0 Å². The normalized spacial score (nSPS) is 15.0. The number of nitrogens with one attached hydrogen (secondary N) is 2. The van der Waals surface area contributed by atoms with E-state index in [0.29, 0.717) is 12.6 Å². The van der Waals surface area contributed by atoms with Gasteiger partial charge in [0.05, 0.1) is 18.5 Å². The maximum Gasteiger partial charge on any atom is 0.191 e. The third kappa shape index (κ3) is 6.26. The zero-order valence-corrected chi connectivity index (χ0v) is 18.6. The second-order valence-corrected chi connectivity index (χ2v) is 6.78. The van der Waals surface area contributed by atoms with Gasteiger partial charge in [-0.3, -0.25) is 0 Å². The molecule has 2 heterocycles. The second kappa shape index (κ2) is 11.4. The Kier molecular flexibility index (Phi) is 9.17. The number of hydrogen-bond acceptors (Lipinski definition) is 4. The molecule has 0 atom stereocenters. The molecule has 6 nitrogen and oxygen atoms in total. The van der Waals surface area contributed by atoms with E-state index in [9.17, 15) is 0 Å². The Morgan fingerprint density at radius 2 is 2.07 bits per heavy atom. The average molecular weight is 486 g/mol. The zero-order valence-electron chi connectivity index (χ0n) is 16.3. The zero-order chi connectivity index (χ0) is 18.2. The molecule has 3 rings (SSSR count). The summed E-state index contributed by atoms with van der Waals surface area (Å²) in [6, 6.07) is 4.44. The summed E-state index contributed by atoms with van der Waals surface area (Å²) in [6.45, 7) is 5.58. The number of hydrogen-bond donors (Lipinski definition) is 2. The molecular weight excluding hydrogens is 455 g/mol. The Bertz CT molecular complexity index is 669. The lowest BCUT2D eigenvalue weighted by Crippen LogP contribution is -2.43. The molecule has 1 fully saturated rings. The van der Waals surface area contributed by atoms with Crippen LogP contribution in [0, 0.1) is 0 Å². The molecule has 0 amide bonds. The van der Waals surface area contributed by atoms with Gasteiger partial charge >= 0.3 is 0 Å². The molecule has 2 N–H and O–H groups in total. The summed E-state index contributed by atoms with van der Waals surface area (Å²) in [6.07, 6.45) is 9.28. The van der Waals surface area contributed by atoms with Crippen molar-refractivity contribution in [2.24, 2.45) is 4.99 Å². The maximum atomic E-state index is 5.46. The third-order valence-corrected chi connectivity index (χ3v) is 4.94. The first kappa shape index (κ1) is 21.8. The smallest absolute Gasteiger partial charge is 0.191 e. The summed E-state index contributed by atoms with van der Waals surface area (Å²) in [7, 11) is 0. The van der Waals surface area contributed by atoms with Crippen LogP contribution in [0.5, 0.6) is 0 Å². The van der Waals surface area contributed by atoms with Crippen molar-refractivity contribution < 1.29 is 8.94 Å². The molecule has 1 saturated carbocycles. The van der Waals surface area contributed by atoms with Gasteiger partial charge in [-0.2, -0.15) is 0 Å². The minimum absolute atomic E-state index is 0. The SMILES string of the molecule is CCc1noc(CC)c1CN=C(NCCc1ccco1)NC1CCCC1.I. The topological polar surface area (TPSA) is 75.6 Å². The first-order chi connectivity index (χ1) is 12.8. The van der Waals surface area contributed by atoms with Crippen molar-refractivity contribution in [2.45, 2.75) is 71.4 Å². The van der Waals surface area contributed by atoms with Crippen LogP contribution in [-0.4, -0.2) is 23.7 Å². The van der Waals surface area contributed by atoms with E-state index in [2.05, 4.69) is 29.6 Å². The highest BCUT2D eigenvalue weighted by atomic mass is 127. The first-order valence-corrected chi connectivity index (χ1v) is 9.83. The van der Waals surface area contributed by atoms with E-state index in [1.807, 2.05) is 12.1 Å². The Hall–Kier alpha value is -1.51. The van der Waals surface area contributed by atoms with E-state index in [1.54, 1.807) is 6.26 Å². The molecule has 27 heavy (non-hydrogen) atoms.